The Morgan fingerprint density at radius 2 is 2.04 bits per heavy atom. The van der Waals surface area contributed by atoms with Gasteiger partial charge < -0.3 is 10.2 Å². The second-order valence-corrected chi connectivity index (χ2v) is 7.05. The van der Waals surface area contributed by atoms with Crippen molar-refractivity contribution in [2.24, 2.45) is 0 Å². The van der Waals surface area contributed by atoms with Crippen molar-refractivity contribution >= 4 is 28.8 Å². The summed E-state index contributed by atoms with van der Waals surface area (Å²) in [6, 6.07) is 9.58. The van der Waals surface area contributed by atoms with E-state index in [1.54, 1.807) is 11.3 Å². The number of thiophene rings is 1. The van der Waals surface area contributed by atoms with E-state index in [-0.39, 0.29) is 36.5 Å². The van der Waals surface area contributed by atoms with Crippen molar-refractivity contribution in [2.75, 3.05) is 13.1 Å². The highest BCUT2D eigenvalue weighted by atomic mass is 32.1. The van der Waals surface area contributed by atoms with E-state index in [0.29, 0.717) is 5.56 Å². The molecule has 0 radical (unpaired) electrons. The van der Waals surface area contributed by atoms with Crippen LogP contribution in [0.4, 0.5) is 5.69 Å². The Hall–Kier alpha value is -2.74. The van der Waals surface area contributed by atoms with Gasteiger partial charge in [0.05, 0.1) is 11.0 Å². The molecule has 1 aromatic carbocycles. The van der Waals surface area contributed by atoms with Crippen molar-refractivity contribution in [3.63, 3.8) is 0 Å². The number of nitro groups is 1. The van der Waals surface area contributed by atoms with E-state index in [2.05, 4.69) is 11.4 Å². The molecule has 2 heterocycles. The van der Waals surface area contributed by atoms with Gasteiger partial charge in [-0.3, -0.25) is 19.7 Å². The number of nitrogens with zero attached hydrogens (tertiary/aromatic N) is 2. The largest absolute Gasteiger partial charge is 0.352 e. The molecule has 1 N–H and O–H groups in total. The molecule has 2 amide bonds. The molecule has 2 aromatic rings. The van der Waals surface area contributed by atoms with Gasteiger partial charge in [0, 0.05) is 42.1 Å². The third kappa shape index (κ3) is 4.08. The van der Waals surface area contributed by atoms with Crippen LogP contribution in [-0.4, -0.2) is 34.7 Å². The summed E-state index contributed by atoms with van der Waals surface area (Å²) in [5.41, 5.74) is 0.270. The molecule has 0 bridgehead atoms. The molecular formula is C18H19N3O4S. The van der Waals surface area contributed by atoms with Crippen LogP contribution in [0, 0.1) is 10.1 Å². The van der Waals surface area contributed by atoms with E-state index >= 15 is 0 Å². The summed E-state index contributed by atoms with van der Waals surface area (Å²) in [5.74, 6) is -0.311. The van der Waals surface area contributed by atoms with Gasteiger partial charge in [-0.05, 0) is 36.4 Å². The average Bonchev–Trinajstić information content (AvgIpc) is 3.32. The van der Waals surface area contributed by atoms with Gasteiger partial charge in [0.1, 0.15) is 0 Å². The Morgan fingerprint density at radius 1 is 1.27 bits per heavy atom. The third-order valence-corrected chi connectivity index (χ3v) is 5.38. The van der Waals surface area contributed by atoms with Gasteiger partial charge in [-0.25, -0.2) is 0 Å². The lowest BCUT2D eigenvalue weighted by Gasteiger charge is -2.24. The standard InChI is InChI=1S/C18H19N3O4S/c22-17(20-11-1-3-15(20)16-4-2-12-26-16)9-10-19-18(23)13-5-7-14(8-6-13)21(24)25/h2,4-8,12,15H,1,3,9-11H2,(H,19,23). The van der Waals surface area contributed by atoms with E-state index in [9.17, 15) is 19.7 Å². The molecular weight excluding hydrogens is 354 g/mol. The predicted molar refractivity (Wildman–Crippen MR) is 98.1 cm³/mol. The smallest absolute Gasteiger partial charge is 0.269 e. The summed E-state index contributed by atoms with van der Waals surface area (Å²) in [6.45, 7) is 0.986. The molecule has 0 aliphatic carbocycles. The number of hydrogen-bond donors (Lipinski definition) is 1. The van der Waals surface area contributed by atoms with Gasteiger partial charge >= 0.3 is 0 Å². The maximum Gasteiger partial charge on any atom is 0.269 e. The molecule has 0 spiro atoms. The molecule has 1 fully saturated rings. The first-order valence-electron chi connectivity index (χ1n) is 8.42. The van der Waals surface area contributed by atoms with Crippen LogP contribution in [-0.2, 0) is 4.79 Å². The molecule has 7 nitrogen and oxygen atoms in total. The number of carbonyl (C=O) groups is 2. The first kappa shape index (κ1) is 18.1. The molecule has 8 heteroatoms. The lowest BCUT2D eigenvalue weighted by Crippen LogP contribution is -2.34. The molecule has 1 saturated heterocycles. The Kier molecular flexibility index (Phi) is 5.62. The first-order valence-corrected chi connectivity index (χ1v) is 9.30. The van der Waals surface area contributed by atoms with Crippen molar-refractivity contribution in [3.05, 3.63) is 62.3 Å². The van der Waals surface area contributed by atoms with Crippen LogP contribution >= 0.6 is 11.3 Å². The number of likely N-dealkylation sites (tertiary alicyclic amines) is 1. The zero-order valence-electron chi connectivity index (χ0n) is 14.1. The van der Waals surface area contributed by atoms with Crippen LogP contribution < -0.4 is 5.32 Å². The SMILES string of the molecule is O=C(NCCC(=O)N1CCCC1c1cccs1)c1ccc([N+](=O)[O-])cc1. The Balaban J connectivity index is 1.50. The highest BCUT2D eigenvalue weighted by molar-refractivity contribution is 7.10. The van der Waals surface area contributed by atoms with Gasteiger partial charge in [0.15, 0.2) is 0 Å². The van der Waals surface area contributed by atoms with E-state index in [0.717, 1.165) is 19.4 Å². The minimum absolute atomic E-state index is 0.0323. The summed E-state index contributed by atoms with van der Waals surface area (Å²) in [4.78, 5) is 37.8. The second kappa shape index (κ2) is 8.09. The van der Waals surface area contributed by atoms with Crippen LogP contribution in [0.15, 0.2) is 41.8 Å². The maximum atomic E-state index is 12.5. The zero-order valence-corrected chi connectivity index (χ0v) is 14.9. The van der Waals surface area contributed by atoms with Crippen LogP contribution in [0.1, 0.15) is 40.5 Å². The van der Waals surface area contributed by atoms with E-state index in [4.69, 9.17) is 0 Å². The number of nitrogens with one attached hydrogen (secondary N) is 1. The Morgan fingerprint density at radius 3 is 2.69 bits per heavy atom. The summed E-state index contributed by atoms with van der Waals surface area (Å²) in [5, 5.41) is 15.3. The van der Waals surface area contributed by atoms with Gasteiger partial charge in [0.2, 0.25) is 5.91 Å². The summed E-state index contributed by atoms with van der Waals surface area (Å²) in [6.07, 6.45) is 2.20. The molecule has 1 atom stereocenters. The van der Waals surface area contributed by atoms with Crippen molar-refractivity contribution in [2.45, 2.75) is 25.3 Å². The fourth-order valence-corrected chi connectivity index (χ4v) is 3.98. The third-order valence-electron chi connectivity index (χ3n) is 4.41. The minimum atomic E-state index is -0.513. The predicted octanol–water partition coefficient (Wildman–Crippen LogP) is 3.14. The summed E-state index contributed by atoms with van der Waals surface area (Å²) < 4.78 is 0. The number of non-ortho nitro benzene ring substituents is 1. The van der Waals surface area contributed by atoms with Crippen molar-refractivity contribution in [1.29, 1.82) is 0 Å². The molecule has 26 heavy (non-hydrogen) atoms. The lowest BCUT2D eigenvalue weighted by molar-refractivity contribution is -0.384. The first-order chi connectivity index (χ1) is 12.6. The van der Waals surface area contributed by atoms with Gasteiger partial charge in [-0.2, -0.15) is 0 Å². The van der Waals surface area contributed by atoms with E-state index in [1.807, 2.05) is 16.3 Å². The molecule has 136 valence electrons. The zero-order chi connectivity index (χ0) is 18.5. The molecule has 1 aromatic heterocycles. The number of hydrogen-bond acceptors (Lipinski definition) is 5. The summed E-state index contributed by atoms with van der Waals surface area (Å²) in [7, 11) is 0. The molecule has 1 aliphatic heterocycles. The fraction of sp³-hybridized carbons (Fsp3) is 0.333. The molecule has 3 rings (SSSR count). The molecule has 1 unspecified atom stereocenters. The Labute approximate surface area is 154 Å². The van der Waals surface area contributed by atoms with Crippen LogP contribution in [0.5, 0.6) is 0 Å². The van der Waals surface area contributed by atoms with E-state index in [1.165, 1.54) is 29.1 Å². The minimum Gasteiger partial charge on any atom is -0.352 e. The number of amides is 2. The van der Waals surface area contributed by atoms with Gasteiger partial charge in [-0.15, -0.1) is 11.3 Å². The number of rotatable bonds is 6. The maximum absolute atomic E-state index is 12.5. The van der Waals surface area contributed by atoms with Crippen molar-refractivity contribution in [3.8, 4) is 0 Å². The number of benzene rings is 1. The number of nitro benzene ring substituents is 1. The van der Waals surface area contributed by atoms with Crippen molar-refractivity contribution in [1.82, 2.24) is 10.2 Å². The monoisotopic (exact) mass is 373 g/mol. The second-order valence-electron chi connectivity index (χ2n) is 6.07. The highest BCUT2D eigenvalue weighted by Gasteiger charge is 2.30. The van der Waals surface area contributed by atoms with Crippen molar-refractivity contribution < 1.29 is 14.5 Å². The Bertz CT molecular complexity index is 789. The molecule has 1 aliphatic rings. The van der Waals surface area contributed by atoms with Crippen LogP contribution in [0.25, 0.3) is 0 Å². The normalized spacial score (nSPS) is 16.5. The lowest BCUT2D eigenvalue weighted by atomic mass is 10.2. The average molecular weight is 373 g/mol. The fourth-order valence-electron chi connectivity index (χ4n) is 3.11. The summed E-state index contributed by atoms with van der Waals surface area (Å²) >= 11 is 1.66. The topological polar surface area (TPSA) is 92.6 Å². The van der Waals surface area contributed by atoms with Crippen LogP contribution in [0.3, 0.4) is 0 Å². The number of carbonyl (C=O) groups excluding carboxylic acids is 2. The van der Waals surface area contributed by atoms with Crippen LogP contribution in [0.2, 0.25) is 0 Å². The highest BCUT2D eigenvalue weighted by Crippen LogP contribution is 2.34. The quantitative estimate of drug-likeness (QED) is 0.622. The van der Waals surface area contributed by atoms with E-state index < -0.39 is 4.92 Å². The van der Waals surface area contributed by atoms with Gasteiger partial charge in [-0.1, -0.05) is 6.07 Å². The van der Waals surface area contributed by atoms with Gasteiger partial charge in [0.25, 0.3) is 11.6 Å². The molecule has 0 saturated carbocycles.